The van der Waals surface area contributed by atoms with Crippen LogP contribution in [0.3, 0.4) is 0 Å². The summed E-state index contributed by atoms with van der Waals surface area (Å²) in [6, 6.07) is 13.6. The van der Waals surface area contributed by atoms with Gasteiger partial charge in [-0.3, -0.25) is 5.01 Å². The molecular weight excluding hydrogens is 267 g/mol. The van der Waals surface area contributed by atoms with Crippen LogP contribution in [-0.2, 0) is 6.54 Å². The first-order valence-electron chi connectivity index (χ1n) is 5.58. The van der Waals surface area contributed by atoms with E-state index in [0.29, 0.717) is 16.6 Å². The first-order valence-corrected chi connectivity index (χ1v) is 6.34. The van der Waals surface area contributed by atoms with E-state index in [1.54, 1.807) is 6.07 Å². The Kier molecular flexibility index (Phi) is 2.98. The Bertz CT molecular complexity index is 623. The van der Waals surface area contributed by atoms with Gasteiger partial charge in [0.2, 0.25) is 0 Å². The van der Waals surface area contributed by atoms with E-state index >= 15 is 0 Å². The Morgan fingerprint density at radius 2 is 1.89 bits per heavy atom. The van der Waals surface area contributed by atoms with Crippen molar-refractivity contribution >= 4 is 35.1 Å². The van der Waals surface area contributed by atoms with E-state index in [2.05, 4.69) is 17.2 Å². The van der Waals surface area contributed by atoms with Crippen LogP contribution in [-0.4, -0.2) is 6.21 Å². The summed E-state index contributed by atoms with van der Waals surface area (Å²) in [6.07, 6.45) is 1.85. The van der Waals surface area contributed by atoms with Gasteiger partial charge < -0.3 is 0 Å². The predicted molar refractivity (Wildman–Crippen MR) is 76.7 cm³/mol. The molecule has 18 heavy (non-hydrogen) atoms. The summed E-state index contributed by atoms with van der Waals surface area (Å²) in [6.45, 7) is 0.716. The van der Waals surface area contributed by atoms with Crippen LogP contribution in [0.2, 0.25) is 10.0 Å². The molecule has 1 aliphatic rings. The van der Waals surface area contributed by atoms with Crippen LogP contribution in [0.4, 0.5) is 5.69 Å². The number of hydrogen-bond donors (Lipinski definition) is 0. The molecular formula is C14H10Cl2N2. The highest BCUT2D eigenvalue weighted by Crippen LogP contribution is 2.31. The van der Waals surface area contributed by atoms with Crippen LogP contribution in [0.15, 0.2) is 47.6 Å². The van der Waals surface area contributed by atoms with E-state index < -0.39 is 0 Å². The van der Waals surface area contributed by atoms with Crippen molar-refractivity contribution in [3.8, 4) is 0 Å². The fraction of sp³-hybridized carbons (Fsp3) is 0.0714. The highest BCUT2D eigenvalue weighted by molar-refractivity contribution is 6.36. The van der Waals surface area contributed by atoms with Crippen molar-refractivity contribution in [2.45, 2.75) is 6.54 Å². The van der Waals surface area contributed by atoms with E-state index in [-0.39, 0.29) is 0 Å². The van der Waals surface area contributed by atoms with E-state index in [9.17, 15) is 0 Å². The van der Waals surface area contributed by atoms with Crippen molar-refractivity contribution in [1.82, 2.24) is 0 Å². The molecule has 0 fully saturated rings. The second kappa shape index (κ2) is 4.63. The standard InChI is InChI=1S/C14H10Cl2N2/c15-12-5-6-14(13(16)7-12)18-9-11-4-2-1-3-10(11)8-17-18/h1-8H,9H2. The summed E-state index contributed by atoms with van der Waals surface area (Å²) in [7, 11) is 0. The lowest BCUT2D eigenvalue weighted by molar-refractivity contribution is 0.843. The summed E-state index contributed by atoms with van der Waals surface area (Å²) in [5, 5.41) is 7.53. The molecule has 0 aliphatic carbocycles. The number of halogens is 2. The third-order valence-corrected chi connectivity index (χ3v) is 3.44. The van der Waals surface area contributed by atoms with Crippen LogP contribution >= 0.6 is 23.2 Å². The number of rotatable bonds is 1. The topological polar surface area (TPSA) is 15.6 Å². The third kappa shape index (κ3) is 2.09. The van der Waals surface area contributed by atoms with Crippen molar-refractivity contribution < 1.29 is 0 Å². The smallest absolute Gasteiger partial charge is 0.0785 e. The normalized spacial score (nSPS) is 13.6. The maximum absolute atomic E-state index is 6.19. The number of hydrazone groups is 1. The number of fused-ring (bicyclic) bond motifs is 1. The van der Waals surface area contributed by atoms with E-state index in [0.717, 1.165) is 11.3 Å². The van der Waals surface area contributed by atoms with E-state index in [1.165, 1.54) is 5.56 Å². The maximum atomic E-state index is 6.19. The van der Waals surface area contributed by atoms with Gasteiger partial charge in [-0.05, 0) is 29.3 Å². The Morgan fingerprint density at radius 1 is 1.06 bits per heavy atom. The van der Waals surface area contributed by atoms with Gasteiger partial charge in [-0.1, -0.05) is 47.5 Å². The lowest BCUT2D eigenvalue weighted by atomic mass is 10.1. The molecule has 0 saturated carbocycles. The summed E-state index contributed by atoms with van der Waals surface area (Å²) in [4.78, 5) is 0. The van der Waals surface area contributed by atoms with Crippen molar-refractivity contribution in [3.05, 3.63) is 63.6 Å². The molecule has 0 atom stereocenters. The Balaban J connectivity index is 1.97. The SMILES string of the molecule is Clc1ccc(N2Cc3ccccc3C=N2)c(Cl)c1. The Morgan fingerprint density at radius 3 is 2.72 bits per heavy atom. The average molecular weight is 277 g/mol. The molecule has 0 saturated heterocycles. The van der Waals surface area contributed by atoms with Crippen molar-refractivity contribution in [3.63, 3.8) is 0 Å². The minimum atomic E-state index is 0.610. The highest BCUT2D eigenvalue weighted by Gasteiger charge is 2.15. The van der Waals surface area contributed by atoms with Gasteiger partial charge in [0.25, 0.3) is 0 Å². The van der Waals surface area contributed by atoms with Crippen LogP contribution in [0.25, 0.3) is 0 Å². The lowest BCUT2D eigenvalue weighted by Gasteiger charge is -2.24. The largest absolute Gasteiger partial charge is 0.260 e. The highest BCUT2D eigenvalue weighted by atomic mass is 35.5. The van der Waals surface area contributed by atoms with Gasteiger partial charge in [0, 0.05) is 5.02 Å². The summed E-state index contributed by atoms with van der Waals surface area (Å²) < 4.78 is 0. The quantitative estimate of drug-likeness (QED) is 0.756. The molecule has 2 aromatic carbocycles. The van der Waals surface area contributed by atoms with Crippen LogP contribution in [0.1, 0.15) is 11.1 Å². The molecule has 2 nitrogen and oxygen atoms in total. The molecule has 90 valence electrons. The summed E-state index contributed by atoms with van der Waals surface area (Å²) in [5.74, 6) is 0. The minimum absolute atomic E-state index is 0.610. The predicted octanol–water partition coefficient (Wildman–Crippen LogP) is 4.35. The van der Waals surface area contributed by atoms with Gasteiger partial charge in [-0.2, -0.15) is 5.10 Å². The Labute approximate surface area is 115 Å². The number of nitrogens with zero attached hydrogens (tertiary/aromatic N) is 2. The molecule has 0 bridgehead atoms. The zero-order valence-electron chi connectivity index (χ0n) is 9.48. The molecule has 3 rings (SSSR count). The third-order valence-electron chi connectivity index (χ3n) is 2.90. The fourth-order valence-corrected chi connectivity index (χ4v) is 2.48. The molecule has 0 N–H and O–H groups in total. The molecule has 4 heteroatoms. The van der Waals surface area contributed by atoms with Gasteiger partial charge in [0.15, 0.2) is 0 Å². The first kappa shape index (κ1) is 11.6. The number of benzene rings is 2. The Hall–Kier alpha value is -1.51. The molecule has 0 unspecified atom stereocenters. The zero-order chi connectivity index (χ0) is 12.5. The molecule has 0 radical (unpaired) electrons. The van der Waals surface area contributed by atoms with Crippen LogP contribution in [0, 0.1) is 0 Å². The summed E-state index contributed by atoms with van der Waals surface area (Å²) >= 11 is 12.1. The fourth-order valence-electron chi connectivity index (χ4n) is 1.98. The van der Waals surface area contributed by atoms with Crippen molar-refractivity contribution in [2.24, 2.45) is 5.10 Å². The number of hydrogen-bond acceptors (Lipinski definition) is 2. The zero-order valence-corrected chi connectivity index (χ0v) is 11.0. The van der Waals surface area contributed by atoms with Crippen LogP contribution in [0.5, 0.6) is 0 Å². The van der Waals surface area contributed by atoms with E-state index in [1.807, 2.05) is 35.5 Å². The van der Waals surface area contributed by atoms with Gasteiger partial charge in [-0.15, -0.1) is 0 Å². The monoisotopic (exact) mass is 276 g/mol. The van der Waals surface area contributed by atoms with Gasteiger partial charge in [0.05, 0.1) is 23.5 Å². The molecule has 1 aliphatic heterocycles. The van der Waals surface area contributed by atoms with Gasteiger partial charge in [0.1, 0.15) is 0 Å². The van der Waals surface area contributed by atoms with Crippen LogP contribution < -0.4 is 5.01 Å². The minimum Gasteiger partial charge on any atom is -0.260 e. The second-order valence-electron chi connectivity index (χ2n) is 4.10. The molecule has 0 spiro atoms. The molecule has 0 amide bonds. The summed E-state index contributed by atoms with van der Waals surface area (Å²) in [5.41, 5.74) is 3.25. The molecule has 0 aromatic heterocycles. The average Bonchev–Trinajstić information content (AvgIpc) is 2.38. The second-order valence-corrected chi connectivity index (χ2v) is 4.94. The number of anilines is 1. The first-order chi connectivity index (χ1) is 8.74. The molecule has 1 heterocycles. The van der Waals surface area contributed by atoms with Crippen molar-refractivity contribution in [2.75, 3.05) is 5.01 Å². The van der Waals surface area contributed by atoms with Crippen molar-refractivity contribution in [1.29, 1.82) is 0 Å². The van der Waals surface area contributed by atoms with E-state index in [4.69, 9.17) is 23.2 Å². The van der Waals surface area contributed by atoms with Gasteiger partial charge >= 0.3 is 0 Å². The lowest BCUT2D eigenvalue weighted by Crippen LogP contribution is -2.21. The van der Waals surface area contributed by atoms with Gasteiger partial charge in [-0.25, -0.2) is 0 Å². The maximum Gasteiger partial charge on any atom is 0.0785 e. The molecule has 2 aromatic rings.